The Morgan fingerprint density at radius 2 is 2.38 bits per heavy atom. The Labute approximate surface area is 53.5 Å². The van der Waals surface area contributed by atoms with Gasteiger partial charge in [-0.2, -0.15) is 0 Å². The second-order valence-electron chi connectivity index (χ2n) is 1.59. The molecule has 0 atom stereocenters. The second-order valence-corrected chi connectivity index (χ2v) is 2.03. The lowest BCUT2D eigenvalue weighted by molar-refractivity contribution is -0.114. The number of carbonyl (C=O) groups excluding carboxylic acids is 1. The smallest absolute Gasteiger partial charge is 0.177 e. The SMILES string of the molecule is O=C1CC=CC=C1[S]. The van der Waals surface area contributed by atoms with Crippen LogP contribution in [0, 0.1) is 0 Å². The molecule has 0 unspecified atom stereocenters. The molecular weight excluding hydrogens is 120 g/mol. The Balaban J connectivity index is 2.80. The summed E-state index contributed by atoms with van der Waals surface area (Å²) in [5, 5.41) is 0. The van der Waals surface area contributed by atoms with Gasteiger partial charge in [-0.15, -0.1) is 0 Å². The molecule has 0 saturated carbocycles. The van der Waals surface area contributed by atoms with Crippen molar-refractivity contribution in [3.05, 3.63) is 23.1 Å². The maximum Gasteiger partial charge on any atom is 0.177 e. The zero-order valence-corrected chi connectivity index (χ0v) is 5.07. The van der Waals surface area contributed by atoms with Gasteiger partial charge in [0.25, 0.3) is 0 Å². The van der Waals surface area contributed by atoms with Crippen LogP contribution in [0.2, 0.25) is 0 Å². The average molecular weight is 125 g/mol. The molecule has 0 aromatic heterocycles. The highest BCUT2D eigenvalue weighted by molar-refractivity contribution is 7.85. The van der Waals surface area contributed by atoms with Gasteiger partial charge in [0.05, 0.1) is 4.91 Å². The highest BCUT2D eigenvalue weighted by Gasteiger charge is 2.04. The third-order valence-electron chi connectivity index (χ3n) is 0.962. The van der Waals surface area contributed by atoms with Gasteiger partial charge in [-0.1, -0.05) is 24.8 Å². The van der Waals surface area contributed by atoms with Crippen LogP contribution in [0.25, 0.3) is 0 Å². The molecule has 0 N–H and O–H groups in total. The van der Waals surface area contributed by atoms with Crippen molar-refractivity contribution in [3.63, 3.8) is 0 Å². The first-order chi connectivity index (χ1) is 3.80. The fourth-order valence-corrected chi connectivity index (χ4v) is 0.686. The van der Waals surface area contributed by atoms with Gasteiger partial charge in [0.1, 0.15) is 0 Å². The van der Waals surface area contributed by atoms with E-state index < -0.39 is 0 Å². The largest absolute Gasteiger partial charge is 0.293 e. The summed E-state index contributed by atoms with van der Waals surface area (Å²) in [4.78, 5) is 11.0. The minimum Gasteiger partial charge on any atom is -0.293 e. The number of Topliss-reactive ketones (excluding diaryl/α,β-unsaturated/α-hetero) is 1. The lowest BCUT2D eigenvalue weighted by atomic mass is 10.2. The summed E-state index contributed by atoms with van der Waals surface area (Å²) < 4.78 is 0. The molecule has 0 aromatic carbocycles. The summed E-state index contributed by atoms with van der Waals surface area (Å²) in [7, 11) is 0. The topological polar surface area (TPSA) is 17.1 Å². The number of ketones is 1. The Hall–Kier alpha value is -0.630. The van der Waals surface area contributed by atoms with E-state index in [1.54, 1.807) is 12.2 Å². The normalized spacial score (nSPS) is 18.5. The van der Waals surface area contributed by atoms with Crippen molar-refractivity contribution in [2.24, 2.45) is 0 Å². The highest BCUT2D eigenvalue weighted by atomic mass is 32.1. The van der Waals surface area contributed by atoms with Crippen LogP contribution in [0.1, 0.15) is 6.42 Å². The minimum atomic E-state index is 0.0579. The van der Waals surface area contributed by atoms with Gasteiger partial charge in [-0.3, -0.25) is 4.79 Å². The first-order valence-electron chi connectivity index (χ1n) is 2.38. The first-order valence-corrected chi connectivity index (χ1v) is 2.78. The second kappa shape index (κ2) is 2.09. The molecular formula is C6H5OS. The molecule has 0 bridgehead atoms. The Bertz CT molecular complexity index is 167. The minimum absolute atomic E-state index is 0.0579. The van der Waals surface area contributed by atoms with Gasteiger partial charge in [0.2, 0.25) is 0 Å². The van der Waals surface area contributed by atoms with Crippen LogP contribution in [0.15, 0.2) is 23.1 Å². The summed E-state index contributed by atoms with van der Waals surface area (Å²) in [5.74, 6) is 0.0579. The predicted molar refractivity (Wildman–Crippen MR) is 34.4 cm³/mol. The zero-order valence-electron chi connectivity index (χ0n) is 4.26. The number of hydrogen-bond donors (Lipinski definition) is 0. The van der Waals surface area contributed by atoms with E-state index in [0.29, 0.717) is 11.3 Å². The van der Waals surface area contributed by atoms with E-state index in [1.807, 2.05) is 6.08 Å². The zero-order chi connectivity index (χ0) is 5.98. The van der Waals surface area contributed by atoms with Crippen molar-refractivity contribution in [1.29, 1.82) is 0 Å². The molecule has 0 saturated heterocycles. The van der Waals surface area contributed by atoms with Crippen LogP contribution >= 0.6 is 12.6 Å². The molecule has 0 spiro atoms. The van der Waals surface area contributed by atoms with Crippen LogP contribution in [0.3, 0.4) is 0 Å². The van der Waals surface area contributed by atoms with Gasteiger partial charge in [-0.05, 0) is 6.08 Å². The van der Waals surface area contributed by atoms with Gasteiger partial charge < -0.3 is 0 Å². The van der Waals surface area contributed by atoms with Crippen molar-refractivity contribution < 1.29 is 4.79 Å². The predicted octanol–water partition coefficient (Wildman–Crippen LogP) is 1.60. The Morgan fingerprint density at radius 3 is 2.75 bits per heavy atom. The maximum absolute atomic E-state index is 10.6. The molecule has 1 rings (SSSR count). The molecule has 1 nitrogen and oxygen atoms in total. The van der Waals surface area contributed by atoms with Crippen LogP contribution in [0.4, 0.5) is 0 Å². The fraction of sp³-hybridized carbons (Fsp3) is 0.167. The lowest BCUT2D eigenvalue weighted by Gasteiger charge is -1.96. The quantitative estimate of drug-likeness (QED) is 0.480. The van der Waals surface area contributed by atoms with Crippen molar-refractivity contribution in [3.8, 4) is 0 Å². The van der Waals surface area contributed by atoms with Crippen molar-refractivity contribution >= 4 is 18.4 Å². The summed E-state index contributed by atoms with van der Waals surface area (Å²) in [6.45, 7) is 0. The van der Waals surface area contributed by atoms with E-state index in [1.165, 1.54) is 0 Å². The van der Waals surface area contributed by atoms with E-state index in [9.17, 15) is 4.79 Å². The van der Waals surface area contributed by atoms with Crippen molar-refractivity contribution in [1.82, 2.24) is 0 Å². The average Bonchev–Trinajstić information content (AvgIpc) is 1.77. The number of carbonyl (C=O) groups is 1. The van der Waals surface area contributed by atoms with Gasteiger partial charge in [0.15, 0.2) is 5.78 Å². The number of rotatable bonds is 0. The Kier molecular flexibility index (Phi) is 1.44. The van der Waals surface area contributed by atoms with E-state index in [0.717, 1.165) is 0 Å². The van der Waals surface area contributed by atoms with Crippen LogP contribution in [0.5, 0.6) is 0 Å². The first kappa shape index (κ1) is 5.51. The molecule has 0 aliphatic heterocycles. The lowest BCUT2D eigenvalue weighted by Crippen LogP contribution is -1.97. The van der Waals surface area contributed by atoms with E-state index in [4.69, 9.17) is 0 Å². The van der Waals surface area contributed by atoms with E-state index in [2.05, 4.69) is 12.6 Å². The molecule has 0 heterocycles. The monoisotopic (exact) mass is 125 g/mol. The Morgan fingerprint density at radius 1 is 1.62 bits per heavy atom. The third-order valence-corrected chi connectivity index (χ3v) is 1.33. The molecule has 1 aliphatic carbocycles. The molecule has 1 aliphatic rings. The summed E-state index contributed by atoms with van der Waals surface area (Å²) in [6.07, 6.45) is 5.75. The summed E-state index contributed by atoms with van der Waals surface area (Å²) >= 11 is 4.67. The molecule has 0 aromatic rings. The van der Waals surface area contributed by atoms with Crippen LogP contribution in [-0.2, 0) is 4.79 Å². The molecule has 2 heteroatoms. The van der Waals surface area contributed by atoms with Crippen molar-refractivity contribution in [2.45, 2.75) is 6.42 Å². The van der Waals surface area contributed by atoms with Crippen molar-refractivity contribution in [2.75, 3.05) is 0 Å². The number of allylic oxidation sites excluding steroid dienone is 4. The van der Waals surface area contributed by atoms with Crippen LogP contribution < -0.4 is 0 Å². The van der Waals surface area contributed by atoms with Gasteiger partial charge >= 0.3 is 0 Å². The highest BCUT2D eigenvalue weighted by Crippen LogP contribution is 2.09. The molecule has 1 radical (unpaired) electrons. The maximum atomic E-state index is 10.6. The molecule has 0 fully saturated rings. The molecule has 41 valence electrons. The number of hydrogen-bond acceptors (Lipinski definition) is 1. The summed E-state index contributed by atoms with van der Waals surface area (Å²) in [5.41, 5.74) is 0. The van der Waals surface area contributed by atoms with E-state index >= 15 is 0 Å². The fourth-order valence-electron chi connectivity index (χ4n) is 0.524. The summed E-state index contributed by atoms with van der Waals surface area (Å²) in [6, 6.07) is 0. The van der Waals surface area contributed by atoms with Gasteiger partial charge in [0, 0.05) is 6.42 Å². The van der Waals surface area contributed by atoms with Gasteiger partial charge in [-0.25, -0.2) is 0 Å². The van der Waals surface area contributed by atoms with Crippen LogP contribution in [-0.4, -0.2) is 5.78 Å². The third kappa shape index (κ3) is 0.954. The van der Waals surface area contributed by atoms with E-state index in [-0.39, 0.29) is 5.78 Å². The standard InChI is InChI=1S/C6H5OS/c7-5-3-1-2-4-6(5)8/h1-2,4H,3H2. The molecule has 8 heavy (non-hydrogen) atoms. The molecule has 0 amide bonds.